The van der Waals surface area contributed by atoms with E-state index in [-0.39, 0.29) is 0 Å². The van der Waals surface area contributed by atoms with E-state index in [1.54, 1.807) is 16.0 Å². The summed E-state index contributed by atoms with van der Waals surface area (Å²) in [4.78, 5) is 1.39. The van der Waals surface area contributed by atoms with Gasteiger partial charge in [0.05, 0.1) is 17.9 Å². The Morgan fingerprint density at radius 3 is 2.87 bits per heavy atom. The second-order valence-electron chi connectivity index (χ2n) is 3.74. The number of nitrogens with zero attached hydrogens (tertiary/aromatic N) is 2. The van der Waals surface area contributed by atoms with E-state index < -0.39 is 0 Å². The highest BCUT2D eigenvalue weighted by atomic mass is 32.1. The smallest absolute Gasteiger partial charge is 0.0731 e. The molecule has 1 N–H and O–H groups in total. The minimum Gasteiger partial charge on any atom is -0.375 e. The van der Waals surface area contributed by atoms with E-state index in [0.717, 1.165) is 5.69 Å². The second kappa shape index (κ2) is 4.06. The van der Waals surface area contributed by atoms with Crippen LogP contribution in [0, 0.1) is 6.92 Å². The highest BCUT2D eigenvalue weighted by molar-refractivity contribution is 7.10. The molecule has 1 unspecified atom stereocenters. The average molecular weight is 221 g/mol. The Kier molecular flexibility index (Phi) is 2.77. The van der Waals surface area contributed by atoms with Crippen molar-refractivity contribution in [2.75, 3.05) is 5.32 Å². The molecule has 0 aromatic carbocycles. The van der Waals surface area contributed by atoms with E-state index in [1.807, 2.05) is 19.4 Å². The first-order chi connectivity index (χ1) is 7.16. The van der Waals surface area contributed by atoms with Crippen molar-refractivity contribution in [2.45, 2.75) is 19.9 Å². The number of aryl methyl sites for hydroxylation is 2. The molecule has 2 aromatic rings. The van der Waals surface area contributed by atoms with E-state index in [4.69, 9.17) is 0 Å². The maximum atomic E-state index is 4.13. The zero-order chi connectivity index (χ0) is 10.8. The van der Waals surface area contributed by atoms with Crippen molar-refractivity contribution in [2.24, 2.45) is 7.05 Å². The Hall–Kier alpha value is -1.29. The molecular formula is C11H15N3S. The van der Waals surface area contributed by atoms with E-state index >= 15 is 0 Å². The SMILES string of the molecule is Cc1ccsc1C(C)Nc1cnn(C)c1. The second-order valence-corrected chi connectivity index (χ2v) is 4.68. The monoisotopic (exact) mass is 221 g/mol. The van der Waals surface area contributed by atoms with Crippen LogP contribution in [0.2, 0.25) is 0 Å². The lowest BCUT2D eigenvalue weighted by Crippen LogP contribution is -2.05. The number of aromatic nitrogens is 2. The Bertz CT molecular complexity index is 444. The zero-order valence-electron chi connectivity index (χ0n) is 9.19. The summed E-state index contributed by atoms with van der Waals surface area (Å²) >= 11 is 1.79. The van der Waals surface area contributed by atoms with E-state index in [2.05, 4.69) is 35.7 Å². The van der Waals surface area contributed by atoms with Crippen molar-refractivity contribution in [3.8, 4) is 0 Å². The number of rotatable bonds is 3. The van der Waals surface area contributed by atoms with Gasteiger partial charge in [0.2, 0.25) is 0 Å². The first-order valence-corrected chi connectivity index (χ1v) is 5.84. The molecule has 15 heavy (non-hydrogen) atoms. The summed E-state index contributed by atoms with van der Waals surface area (Å²) in [6, 6.07) is 2.50. The van der Waals surface area contributed by atoms with Crippen LogP contribution in [-0.4, -0.2) is 9.78 Å². The highest BCUT2D eigenvalue weighted by Gasteiger charge is 2.09. The van der Waals surface area contributed by atoms with Gasteiger partial charge in [0.15, 0.2) is 0 Å². The molecule has 0 aliphatic carbocycles. The Labute approximate surface area is 93.7 Å². The van der Waals surface area contributed by atoms with Crippen LogP contribution in [0.3, 0.4) is 0 Å². The maximum absolute atomic E-state index is 4.13. The van der Waals surface area contributed by atoms with Crippen molar-refractivity contribution in [3.05, 3.63) is 34.3 Å². The predicted molar refractivity (Wildman–Crippen MR) is 64.3 cm³/mol. The summed E-state index contributed by atoms with van der Waals surface area (Å²) in [6.07, 6.45) is 3.83. The van der Waals surface area contributed by atoms with E-state index in [1.165, 1.54) is 10.4 Å². The van der Waals surface area contributed by atoms with Crippen molar-refractivity contribution in [1.29, 1.82) is 0 Å². The number of thiophene rings is 1. The van der Waals surface area contributed by atoms with Crippen LogP contribution in [0.5, 0.6) is 0 Å². The van der Waals surface area contributed by atoms with E-state index in [0.29, 0.717) is 6.04 Å². The first kappa shape index (κ1) is 10.2. The summed E-state index contributed by atoms with van der Waals surface area (Å²) in [7, 11) is 1.92. The number of hydrogen-bond donors (Lipinski definition) is 1. The summed E-state index contributed by atoms with van der Waals surface area (Å²) in [5.74, 6) is 0. The van der Waals surface area contributed by atoms with Crippen LogP contribution in [0.25, 0.3) is 0 Å². The van der Waals surface area contributed by atoms with Gasteiger partial charge >= 0.3 is 0 Å². The van der Waals surface area contributed by atoms with Crippen LogP contribution in [0.4, 0.5) is 5.69 Å². The number of nitrogens with one attached hydrogen (secondary N) is 1. The Morgan fingerprint density at radius 2 is 2.33 bits per heavy atom. The molecule has 0 fully saturated rings. The molecule has 0 aliphatic rings. The third-order valence-corrected chi connectivity index (χ3v) is 3.58. The Balaban J connectivity index is 2.10. The lowest BCUT2D eigenvalue weighted by Gasteiger charge is -2.12. The van der Waals surface area contributed by atoms with Gasteiger partial charge in [-0.15, -0.1) is 11.3 Å². The molecule has 2 heterocycles. The molecule has 2 aromatic heterocycles. The van der Waals surface area contributed by atoms with Gasteiger partial charge in [0.1, 0.15) is 0 Å². The summed E-state index contributed by atoms with van der Waals surface area (Å²) < 4.78 is 1.80. The van der Waals surface area contributed by atoms with Crippen molar-refractivity contribution in [3.63, 3.8) is 0 Å². The molecule has 2 rings (SSSR count). The van der Waals surface area contributed by atoms with E-state index in [9.17, 15) is 0 Å². The third-order valence-electron chi connectivity index (χ3n) is 2.38. The van der Waals surface area contributed by atoms with Crippen LogP contribution < -0.4 is 5.32 Å². The molecule has 0 saturated heterocycles. The lowest BCUT2D eigenvalue weighted by atomic mass is 10.2. The van der Waals surface area contributed by atoms with Gasteiger partial charge in [0.25, 0.3) is 0 Å². The summed E-state index contributed by atoms with van der Waals surface area (Å²) in [6.45, 7) is 4.32. The van der Waals surface area contributed by atoms with Gasteiger partial charge in [-0.05, 0) is 30.9 Å². The van der Waals surface area contributed by atoms with Gasteiger partial charge in [-0.1, -0.05) is 0 Å². The largest absolute Gasteiger partial charge is 0.375 e. The molecule has 4 heteroatoms. The first-order valence-electron chi connectivity index (χ1n) is 4.96. The molecule has 0 aliphatic heterocycles. The minimum absolute atomic E-state index is 0.342. The number of hydrogen-bond acceptors (Lipinski definition) is 3. The fourth-order valence-corrected chi connectivity index (χ4v) is 2.58. The fraction of sp³-hybridized carbons (Fsp3) is 0.364. The van der Waals surface area contributed by atoms with Gasteiger partial charge in [-0.25, -0.2) is 0 Å². The van der Waals surface area contributed by atoms with Gasteiger partial charge < -0.3 is 5.32 Å². The van der Waals surface area contributed by atoms with Crippen LogP contribution >= 0.6 is 11.3 Å². The molecule has 0 bridgehead atoms. The molecule has 0 spiro atoms. The van der Waals surface area contributed by atoms with Gasteiger partial charge in [0, 0.05) is 18.1 Å². The third kappa shape index (κ3) is 2.21. The molecule has 0 saturated carbocycles. The van der Waals surface area contributed by atoms with Crippen molar-refractivity contribution < 1.29 is 0 Å². The van der Waals surface area contributed by atoms with Gasteiger partial charge in [-0.3, -0.25) is 4.68 Å². The molecule has 0 amide bonds. The topological polar surface area (TPSA) is 29.9 Å². The molecular weight excluding hydrogens is 206 g/mol. The lowest BCUT2D eigenvalue weighted by molar-refractivity contribution is 0.767. The quantitative estimate of drug-likeness (QED) is 0.863. The molecule has 80 valence electrons. The fourth-order valence-electron chi connectivity index (χ4n) is 1.64. The standard InChI is InChI=1S/C11H15N3S/c1-8-4-5-15-11(8)9(2)13-10-6-12-14(3)7-10/h4-7,9,13H,1-3H3. The highest BCUT2D eigenvalue weighted by Crippen LogP contribution is 2.26. The molecule has 3 nitrogen and oxygen atoms in total. The normalized spacial score (nSPS) is 12.7. The predicted octanol–water partition coefficient (Wildman–Crippen LogP) is 2.96. The number of anilines is 1. The summed E-state index contributed by atoms with van der Waals surface area (Å²) in [5, 5.41) is 9.70. The zero-order valence-corrected chi connectivity index (χ0v) is 10.0. The van der Waals surface area contributed by atoms with Gasteiger partial charge in [-0.2, -0.15) is 5.10 Å². The van der Waals surface area contributed by atoms with Crippen LogP contribution in [0.15, 0.2) is 23.8 Å². The van der Waals surface area contributed by atoms with Crippen molar-refractivity contribution >= 4 is 17.0 Å². The maximum Gasteiger partial charge on any atom is 0.0731 e. The van der Waals surface area contributed by atoms with Crippen molar-refractivity contribution in [1.82, 2.24) is 9.78 Å². The summed E-state index contributed by atoms with van der Waals surface area (Å²) in [5.41, 5.74) is 2.42. The Morgan fingerprint density at radius 1 is 1.53 bits per heavy atom. The average Bonchev–Trinajstić information content (AvgIpc) is 2.75. The molecule has 0 radical (unpaired) electrons. The minimum atomic E-state index is 0.342. The van der Waals surface area contributed by atoms with Crippen LogP contribution in [-0.2, 0) is 7.05 Å². The van der Waals surface area contributed by atoms with Crippen LogP contribution in [0.1, 0.15) is 23.4 Å². The molecule has 1 atom stereocenters.